The van der Waals surface area contributed by atoms with Crippen molar-refractivity contribution in [1.29, 1.82) is 0 Å². The van der Waals surface area contributed by atoms with Crippen molar-refractivity contribution < 1.29 is 9.53 Å². The first kappa shape index (κ1) is 25.0. The number of carbonyl (C=O) groups excluding carboxylic acids is 1. The van der Waals surface area contributed by atoms with Crippen LogP contribution in [0.2, 0.25) is 0 Å². The second-order valence-electron chi connectivity index (χ2n) is 8.54. The summed E-state index contributed by atoms with van der Waals surface area (Å²) in [6.07, 6.45) is 1.88. The van der Waals surface area contributed by atoms with Crippen LogP contribution >= 0.6 is 50.3 Å². The summed E-state index contributed by atoms with van der Waals surface area (Å²) in [5.41, 5.74) is 5.10. The van der Waals surface area contributed by atoms with Gasteiger partial charge < -0.3 is 10.1 Å². The van der Waals surface area contributed by atoms with Gasteiger partial charge in [0.25, 0.3) is 5.91 Å². The first-order chi connectivity index (χ1) is 17.4. The summed E-state index contributed by atoms with van der Waals surface area (Å²) in [5, 5.41) is 5.88. The van der Waals surface area contributed by atoms with E-state index in [1.165, 1.54) is 22.5 Å². The topological polar surface area (TPSA) is 50.7 Å². The minimum Gasteiger partial charge on any atom is -0.488 e. The fraction of sp³-hybridized carbons (Fsp3) is 0.103. The molecule has 1 aliphatic rings. The van der Waals surface area contributed by atoms with Gasteiger partial charge in [-0.3, -0.25) is 4.79 Å². The quantitative estimate of drug-likeness (QED) is 0.172. The average Bonchev–Trinajstić information content (AvgIpc) is 3.20. The molecule has 1 heterocycles. The Balaban J connectivity index is 1.28. The van der Waals surface area contributed by atoms with Crippen molar-refractivity contribution in [3.8, 4) is 5.75 Å². The molecule has 0 unspecified atom stereocenters. The number of ether oxygens (including phenoxy) is 1. The third kappa shape index (κ3) is 5.68. The monoisotopic (exact) mass is 668 g/mol. The Hall–Kier alpha value is -2.62. The van der Waals surface area contributed by atoms with Crippen molar-refractivity contribution in [3.05, 3.63) is 108 Å². The van der Waals surface area contributed by atoms with E-state index in [0.717, 1.165) is 41.7 Å². The zero-order valence-electron chi connectivity index (χ0n) is 19.6. The number of amides is 1. The zero-order valence-corrected chi connectivity index (χ0v) is 24.2. The molecular weight excluding hydrogens is 647 g/mol. The average molecular weight is 669 g/mol. The highest BCUT2D eigenvalue weighted by Gasteiger charge is 2.24. The second kappa shape index (κ2) is 10.8. The maximum atomic E-state index is 12.6. The molecule has 1 fully saturated rings. The third-order valence-corrected chi connectivity index (χ3v) is 8.77. The Morgan fingerprint density at radius 3 is 2.50 bits per heavy atom. The van der Waals surface area contributed by atoms with Gasteiger partial charge in [-0.25, -0.2) is 4.99 Å². The van der Waals surface area contributed by atoms with Crippen LogP contribution in [0, 0.1) is 17.4 Å². The molecule has 1 amide bonds. The van der Waals surface area contributed by atoms with Gasteiger partial charge in [-0.1, -0.05) is 58.4 Å². The van der Waals surface area contributed by atoms with Gasteiger partial charge in [0.15, 0.2) is 5.17 Å². The lowest BCUT2D eigenvalue weighted by molar-refractivity contribution is -0.115. The number of benzene rings is 4. The molecule has 0 aliphatic carbocycles. The van der Waals surface area contributed by atoms with Crippen LogP contribution in [0.3, 0.4) is 0 Å². The lowest BCUT2D eigenvalue weighted by Gasteiger charge is -2.10. The van der Waals surface area contributed by atoms with Crippen LogP contribution in [0.1, 0.15) is 22.3 Å². The van der Waals surface area contributed by atoms with Gasteiger partial charge in [0.05, 0.1) is 14.2 Å². The molecule has 7 heteroatoms. The van der Waals surface area contributed by atoms with Crippen molar-refractivity contribution in [3.63, 3.8) is 0 Å². The Morgan fingerprint density at radius 1 is 1.00 bits per heavy atom. The standard InChI is InChI=1S/C29H22BrIN2O2S/c1-17-11-23(12-18(2)27(17)30)32-29-33-28(34)26(36-29)15-19-8-10-25(24(31)14-19)35-16-20-7-9-21-5-3-4-6-22(21)13-20/h3-15H,16H2,1-2H3,(H,32,33,34)/b26-15-. The van der Waals surface area contributed by atoms with Crippen LogP contribution in [-0.4, -0.2) is 11.1 Å². The minimum absolute atomic E-state index is 0.143. The normalized spacial score (nSPS) is 15.6. The lowest BCUT2D eigenvalue weighted by Crippen LogP contribution is -2.19. The van der Waals surface area contributed by atoms with Crippen LogP contribution in [-0.2, 0) is 11.4 Å². The summed E-state index contributed by atoms with van der Waals surface area (Å²) in [6, 6.07) is 24.6. The van der Waals surface area contributed by atoms with Gasteiger partial charge in [0.1, 0.15) is 12.4 Å². The second-order valence-corrected chi connectivity index (χ2v) is 11.5. The number of halogens is 2. The van der Waals surface area contributed by atoms with E-state index in [1.807, 2.05) is 62.4 Å². The molecule has 0 aromatic heterocycles. The molecule has 0 bridgehead atoms. The maximum Gasteiger partial charge on any atom is 0.264 e. The molecule has 1 saturated heterocycles. The number of aliphatic imine (C=N–C) groups is 1. The van der Waals surface area contributed by atoms with Gasteiger partial charge >= 0.3 is 0 Å². The number of thioether (sulfide) groups is 1. The summed E-state index contributed by atoms with van der Waals surface area (Å²) in [5.74, 6) is 0.675. The van der Waals surface area contributed by atoms with Gasteiger partial charge in [0, 0.05) is 4.47 Å². The number of carbonyl (C=O) groups is 1. The largest absolute Gasteiger partial charge is 0.488 e. The maximum absolute atomic E-state index is 12.6. The van der Waals surface area contributed by atoms with Gasteiger partial charge in [-0.05, 0) is 118 Å². The van der Waals surface area contributed by atoms with E-state index in [1.54, 1.807) is 0 Å². The number of amidine groups is 1. The van der Waals surface area contributed by atoms with Crippen molar-refractivity contribution in [1.82, 2.24) is 5.32 Å². The predicted molar refractivity (Wildman–Crippen MR) is 162 cm³/mol. The molecule has 0 radical (unpaired) electrons. The van der Waals surface area contributed by atoms with Crippen LogP contribution in [0.5, 0.6) is 5.75 Å². The smallest absolute Gasteiger partial charge is 0.264 e. The number of nitrogens with zero attached hydrogens (tertiary/aromatic N) is 1. The Labute approximate surface area is 236 Å². The summed E-state index contributed by atoms with van der Waals surface area (Å²) in [6.45, 7) is 4.56. The van der Waals surface area contributed by atoms with Crippen molar-refractivity contribution in [2.24, 2.45) is 4.99 Å². The van der Waals surface area contributed by atoms with E-state index in [0.29, 0.717) is 16.7 Å². The number of fused-ring (bicyclic) bond motifs is 1. The molecule has 1 N–H and O–H groups in total. The van der Waals surface area contributed by atoms with E-state index < -0.39 is 0 Å². The zero-order chi connectivity index (χ0) is 25.2. The Morgan fingerprint density at radius 2 is 1.75 bits per heavy atom. The molecule has 36 heavy (non-hydrogen) atoms. The van der Waals surface area contributed by atoms with Crippen LogP contribution in [0.25, 0.3) is 16.8 Å². The van der Waals surface area contributed by atoms with E-state index in [4.69, 9.17) is 4.74 Å². The first-order valence-electron chi connectivity index (χ1n) is 11.3. The van der Waals surface area contributed by atoms with Crippen LogP contribution in [0.15, 0.2) is 87.2 Å². The van der Waals surface area contributed by atoms with Crippen LogP contribution in [0.4, 0.5) is 5.69 Å². The number of rotatable bonds is 5. The molecule has 4 aromatic rings. The SMILES string of the molecule is Cc1cc(N=C2NC(=O)/C(=C/c3ccc(OCc4ccc5ccccc5c4)c(I)c3)S2)cc(C)c1Br. The van der Waals surface area contributed by atoms with Gasteiger partial charge in [-0.15, -0.1) is 0 Å². The molecule has 0 spiro atoms. The highest BCUT2D eigenvalue weighted by atomic mass is 127. The fourth-order valence-electron chi connectivity index (χ4n) is 3.95. The summed E-state index contributed by atoms with van der Waals surface area (Å²) in [4.78, 5) is 17.8. The summed E-state index contributed by atoms with van der Waals surface area (Å²) in [7, 11) is 0. The number of nitrogens with one attached hydrogen (secondary N) is 1. The highest BCUT2D eigenvalue weighted by molar-refractivity contribution is 14.1. The van der Waals surface area contributed by atoms with E-state index in [2.05, 4.69) is 79.2 Å². The predicted octanol–water partition coefficient (Wildman–Crippen LogP) is 8.29. The molecule has 4 nitrogen and oxygen atoms in total. The molecule has 0 atom stereocenters. The third-order valence-electron chi connectivity index (χ3n) is 5.76. The van der Waals surface area contributed by atoms with Crippen molar-refractivity contribution in [2.75, 3.05) is 0 Å². The molecule has 1 aliphatic heterocycles. The van der Waals surface area contributed by atoms with Gasteiger partial charge in [0.2, 0.25) is 0 Å². The summed E-state index contributed by atoms with van der Waals surface area (Å²) < 4.78 is 8.16. The molecule has 0 saturated carbocycles. The molecule has 5 rings (SSSR count). The van der Waals surface area contributed by atoms with Crippen molar-refractivity contribution in [2.45, 2.75) is 20.5 Å². The van der Waals surface area contributed by atoms with E-state index in [-0.39, 0.29) is 5.91 Å². The number of hydrogen-bond donors (Lipinski definition) is 1. The van der Waals surface area contributed by atoms with E-state index in [9.17, 15) is 4.79 Å². The number of hydrogen-bond acceptors (Lipinski definition) is 4. The van der Waals surface area contributed by atoms with Crippen LogP contribution < -0.4 is 10.1 Å². The van der Waals surface area contributed by atoms with Gasteiger partial charge in [-0.2, -0.15) is 0 Å². The van der Waals surface area contributed by atoms with E-state index >= 15 is 0 Å². The fourth-order valence-corrected chi connectivity index (χ4v) is 5.72. The highest BCUT2D eigenvalue weighted by Crippen LogP contribution is 2.32. The Bertz CT molecular complexity index is 1540. The summed E-state index contributed by atoms with van der Waals surface area (Å²) >= 11 is 7.20. The minimum atomic E-state index is -0.143. The number of aryl methyl sites for hydroxylation is 2. The molecular formula is C29H22BrIN2O2S. The molecule has 4 aromatic carbocycles. The first-order valence-corrected chi connectivity index (χ1v) is 14.0. The molecule has 180 valence electrons. The lowest BCUT2D eigenvalue weighted by atomic mass is 10.1. The Kier molecular flexibility index (Phi) is 7.50. The van der Waals surface area contributed by atoms with Crippen molar-refractivity contribution >= 4 is 83.9 Å².